The summed E-state index contributed by atoms with van der Waals surface area (Å²) in [6.07, 6.45) is -4.44. The van der Waals surface area contributed by atoms with Crippen LogP contribution >= 0.6 is 11.6 Å². The van der Waals surface area contributed by atoms with Crippen LogP contribution in [-0.2, 0) is 6.18 Å². The van der Waals surface area contributed by atoms with Gasteiger partial charge in [0.05, 0.1) is 16.3 Å². The van der Waals surface area contributed by atoms with Gasteiger partial charge in [0.15, 0.2) is 0 Å². The molecular weight excluding hydrogens is 299 g/mol. The van der Waals surface area contributed by atoms with Crippen LogP contribution in [0.15, 0.2) is 42.5 Å². The third-order valence-electron chi connectivity index (χ3n) is 3.22. The minimum Gasteiger partial charge on any atom is -0.377 e. The molecule has 0 fully saturated rings. The van der Waals surface area contributed by atoms with Crippen molar-refractivity contribution < 1.29 is 13.2 Å². The lowest BCUT2D eigenvalue weighted by atomic mass is 10.0. The van der Waals surface area contributed by atoms with Gasteiger partial charge in [0.1, 0.15) is 0 Å². The number of anilines is 1. The highest BCUT2D eigenvalue weighted by Crippen LogP contribution is 2.39. The summed E-state index contributed by atoms with van der Waals surface area (Å²) in [5.41, 5.74) is 1.12. The van der Waals surface area contributed by atoms with Crippen LogP contribution in [0.4, 0.5) is 18.9 Å². The van der Waals surface area contributed by atoms with Crippen molar-refractivity contribution >= 4 is 17.3 Å². The minimum absolute atomic E-state index is 0.0596. The Morgan fingerprint density at radius 3 is 2.38 bits per heavy atom. The van der Waals surface area contributed by atoms with E-state index in [2.05, 4.69) is 5.32 Å². The minimum atomic E-state index is -4.44. The molecule has 0 radical (unpaired) electrons. The van der Waals surface area contributed by atoms with E-state index in [1.54, 1.807) is 6.92 Å². The fourth-order valence-corrected chi connectivity index (χ4v) is 2.38. The predicted molar refractivity (Wildman–Crippen MR) is 79.7 cm³/mol. The summed E-state index contributed by atoms with van der Waals surface area (Å²) in [5.74, 6) is 0. The van der Waals surface area contributed by atoms with Crippen molar-refractivity contribution in [3.8, 4) is 0 Å². The van der Waals surface area contributed by atoms with Crippen LogP contribution in [0.2, 0.25) is 5.02 Å². The van der Waals surface area contributed by atoms with E-state index in [-0.39, 0.29) is 16.8 Å². The lowest BCUT2D eigenvalue weighted by Gasteiger charge is -2.21. The third kappa shape index (κ3) is 3.70. The van der Waals surface area contributed by atoms with Gasteiger partial charge in [-0.2, -0.15) is 13.2 Å². The van der Waals surface area contributed by atoms with E-state index in [0.717, 1.165) is 17.2 Å². The van der Waals surface area contributed by atoms with Gasteiger partial charge < -0.3 is 5.32 Å². The van der Waals surface area contributed by atoms with Crippen LogP contribution < -0.4 is 5.32 Å². The van der Waals surface area contributed by atoms with Gasteiger partial charge in [-0.25, -0.2) is 0 Å². The molecule has 1 nitrogen and oxygen atoms in total. The Bertz CT molecular complexity index is 638. The molecule has 2 aromatic carbocycles. The average Bonchev–Trinajstić information content (AvgIpc) is 2.39. The summed E-state index contributed by atoms with van der Waals surface area (Å²) in [6.45, 7) is 3.74. The molecule has 0 amide bonds. The van der Waals surface area contributed by atoms with E-state index in [9.17, 15) is 13.2 Å². The Morgan fingerprint density at radius 1 is 1.10 bits per heavy atom. The monoisotopic (exact) mass is 313 g/mol. The summed E-state index contributed by atoms with van der Waals surface area (Å²) in [6, 6.07) is 11.1. The lowest BCUT2D eigenvalue weighted by molar-refractivity contribution is -0.137. The van der Waals surface area contributed by atoms with E-state index >= 15 is 0 Å². The number of hydrogen-bond donors (Lipinski definition) is 1. The van der Waals surface area contributed by atoms with Gasteiger partial charge in [0.25, 0.3) is 0 Å². The Hall–Kier alpha value is -1.68. The second-order valence-electron chi connectivity index (χ2n) is 4.94. The topological polar surface area (TPSA) is 12.0 Å². The molecule has 1 unspecified atom stereocenters. The number of benzene rings is 2. The fourth-order valence-electron chi connectivity index (χ4n) is 2.15. The highest BCUT2D eigenvalue weighted by Gasteiger charge is 2.34. The van der Waals surface area contributed by atoms with E-state index in [4.69, 9.17) is 11.6 Å². The van der Waals surface area contributed by atoms with Crippen molar-refractivity contribution in [3.05, 3.63) is 64.2 Å². The highest BCUT2D eigenvalue weighted by molar-refractivity contribution is 6.33. The molecule has 5 heteroatoms. The second-order valence-corrected chi connectivity index (χ2v) is 5.35. The van der Waals surface area contributed by atoms with Gasteiger partial charge in [-0.3, -0.25) is 0 Å². The van der Waals surface area contributed by atoms with Crippen LogP contribution in [-0.4, -0.2) is 0 Å². The summed E-state index contributed by atoms with van der Waals surface area (Å²) < 4.78 is 39.1. The lowest BCUT2D eigenvalue weighted by Crippen LogP contribution is -2.14. The van der Waals surface area contributed by atoms with Crippen LogP contribution in [0.1, 0.15) is 29.7 Å². The number of hydrogen-bond acceptors (Lipinski definition) is 1. The number of alkyl halides is 3. The molecule has 0 aliphatic rings. The van der Waals surface area contributed by atoms with Crippen molar-refractivity contribution in [1.29, 1.82) is 0 Å². The molecule has 1 atom stereocenters. The molecule has 0 bridgehead atoms. The molecule has 0 aliphatic heterocycles. The maximum atomic E-state index is 13.0. The standard InChI is InChI=1S/C16H15ClF3N/c1-10-5-3-6-12(9-10)11(2)21-15-13(16(18,19)20)7-4-8-14(15)17/h3-9,11,21H,1-2H3. The Morgan fingerprint density at radius 2 is 1.76 bits per heavy atom. The van der Waals surface area contributed by atoms with Crippen molar-refractivity contribution in [2.24, 2.45) is 0 Å². The first kappa shape index (κ1) is 15.7. The van der Waals surface area contributed by atoms with Crippen molar-refractivity contribution in [1.82, 2.24) is 0 Å². The molecular formula is C16H15ClF3N. The first-order valence-electron chi connectivity index (χ1n) is 6.48. The summed E-state index contributed by atoms with van der Waals surface area (Å²) in [7, 11) is 0. The SMILES string of the molecule is Cc1cccc(C(C)Nc2c(Cl)cccc2C(F)(F)F)c1. The zero-order valence-corrected chi connectivity index (χ0v) is 12.4. The Kier molecular flexibility index (Phi) is 4.47. The van der Waals surface area contributed by atoms with Crippen molar-refractivity contribution in [2.75, 3.05) is 5.32 Å². The zero-order valence-electron chi connectivity index (χ0n) is 11.6. The molecule has 0 aliphatic carbocycles. The zero-order chi connectivity index (χ0) is 15.6. The molecule has 112 valence electrons. The van der Waals surface area contributed by atoms with Gasteiger partial charge in [0, 0.05) is 6.04 Å². The summed E-state index contributed by atoms with van der Waals surface area (Å²) in [4.78, 5) is 0. The number of nitrogens with one attached hydrogen (secondary N) is 1. The van der Waals surface area contributed by atoms with Crippen LogP contribution in [0.3, 0.4) is 0 Å². The maximum Gasteiger partial charge on any atom is 0.418 e. The van der Waals surface area contributed by atoms with Crippen molar-refractivity contribution in [3.63, 3.8) is 0 Å². The molecule has 0 spiro atoms. The predicted octanol–water partition coefficient (Wildman–Crippen LogP) is 5.84. The molecule has 0 saturated heterocycles. The summed E-state index contributed by atoms with van der Waals surface area (Å²) in [5, 5.41) is 2.94. The summed E-state index contributed by atoms with van der Waals surface area (Å²) >= 11 is 5.94. The molecule has 0 aromatic heterocycles. The number of rotatable bonds is 3. The van der Waals surface area contributed by atoms with Crippen LogP contribution in [0.5, 0.6) is 0 Å². The maximum absolute atomic E-state index is 13.0. The highest BCUT2D eigenvalue weighted by atomic mass is 35.5. The van der Waals surface area contributed by atoms with Crippen LogP contribution in [0, 0.1) is 6.92 Å². The molecule has 2 aromatic rings. The molecule has 0 heterocycles. The van der Waals surface area contributed by atoms with Gasteiger partial charge in [-0.15, -0.1) is 0 Å². The number of halogens is 4. The molecule has 0 saturated carbocycles. The van der Waals surface area contributed by atoms with E-state index in [1.165, 1.54) is 12.1 Å². The third-order valence-corrected chi connectivity index (χ3v) is 3.54. The number of para-hydroxylation sites is 1. The largest absolute Gasteiger partial charge is 0.418 e. The van der Waals surface area contributed by atoms with Gasteiger partial charge in [-0.1, -0.05) is 47.5 Å². The van der Waals surface area contributed by atoms with Gasteiger partial charge in [0.2, 0.25) is 0 Å². The van der Waals surface area contributed by atoms with Gasteiger partial charge >= 0.3 is 6.18 Å². The Labute approximate surface area is 126 Å². The molecule has 21 heavy (non-hydrogen) atoms. The molecule has 2 rings (SSSR count). The van der Waals surface area contributed by atoms with E-state index < -0.39 is 11.7 Å². The normalized spacial score (nSPS) is 13.0. The van der Waals surface area contributed by atoms with Crippen molar-refractivity contribution in [2.45, 2.75) is 26.1 Å². The fraction of sp³-hybridized carbons (Fsp3) is 0.250. The first-order chi connectivity index (χ1) is 9.79. The second kappa shape index (κ2) is 5.98. The smallest absolute Gasteiger partial charge is 0.377 e. The quantitative estimate of drug-likeness (QED) is 0.750. The average molecular weight is 314 g/mol. The van der Waals surface area contributed by atoms with Crippen LogP contribution in [0.25, 0.3) is 0 Å². The van der Waals surface area contributed by atoms with E-state index in [0.29, 0.717) is 0 Å². The molecule has 1 N–H and O–H groups in total. The number of aryl methyl sites for hydroxylation is 1. The van der Waals surface area contributed by atoms with E-state index in [1.807, 2.05) is 31.2 Å². The Balaban J connectivity index is 2.35. The van der Waals surface area contributed by atoms with Gasteiger partial charge in [-0.05, 0) is 31.5 Å². The first-order valence-corrected chi connectivity index (χ1v) is 6.85.